The Kier molecular flexibility index (Phi) is 5.95. The lowest BCUT2D eigenvalue weighted by molar-refractivity contribution is 0.180. The standard InChI is InChI=1S/C12H22ClN3O/c1-5-11-6-12(16(3)14-11)8-15(2)7-10(13)9-17-4/h6,10H,5,7-9H2,1-4H3. The van der Waals surface area contributed by atoms with Gasteiger partial charge in [-0.3, -0.25) is 9.58 Å². The Morgan fingerprint density at radius 1 is 1.59 bits per heavy atom. The summed E-state index contributed by atoms with van der Waals surface area (Å²) in [7, 11) is 5.71. The number of methoxy groups -OCH3 is 1. The lowest BCUT2D eigenvalue weighted by Crippen LogP contribution is -2.29. The average molecular weight is 260 g/mol. The summed E-state index contributed by atoms with van der Waals surface area (Å²) in [5.41, 5.74) is 2.35. The summed E-state index contributed by atoms with van der Waals surface area (Å²) in [5.74, 6) is 0. The van der Waals surface area contributed by atoms with Gasteiger partial charge in [0.15, 0.2) is 0 Å². The van der Waals surface area contributed by atoms with E-state index < -0.39 is 0 Å². The van der Waals surface area contributed by atoms with Crippen molar-refractivity contribution in [3.05, 3.63) is 17.5 Å². The van der Waals surface area contributed by atoms with Gasteiger partial charge in [-0.2, -0.15) is 5.10 Å². The van der Waals surface area contributed by atoms with E-state index in [0.717, 1.165) is 25.2 Å². The zero-order valence-electron chi connectivity index (χ0n) is 11.1. The molecule has 0 spiro atoms. The summed E-state index contributed by atoms with van der Waals surface area (Å²) in [5, 5.41) is 4.46. The van der Waals surface area contributed by atoms with Gasteiger partial charge in [-0.1, -0.05) is 6.92 Å². The van der Waals surface area contributed by atoms with E-state index in [-0.39, 0.29) is 5.38 Å². The predicted molar refractivity (Wildman–Crippen MR) is 70.4 cm³/mol. The summed E-state index contributed by atoms with van der Waals surface area (Å²) in [6.07, 6.45) is 0.972. The van der Waals surface area contributed by atoms with Crippen molar-refractivity contribution in [2.75, 3.05) is 27.3 Å². The van der Waals surface area contributed by atoms with E-state index in [1.54, 1.807) is 7.11 Å². The molecule has 0 aliphatic heterocycles. The van der Waals surface area contributed by atoms with Gasteiger partial charge in [-0.05, 0) is 19.5 Å². The molecule has 1 aromatic rings. The third-order valence-electron chi connectivity index (χ3n) is 2.68. The van der Waals surface area contributed by atoms with Gasteiger partial charge >= 0.3 is 0 Å². The van der Waals surface area contributed by atoms with Crippen LogP contribution in [0.5, 0.6) is 0 Å². The number of halogens is 1. The van der Waals surface area contributed by atoms with Gasteiger partial charge in [0.25, 0.3) is 0 Å². The van der Waals surface area contributed by atoms with Crippen molar-refractivity contribution in [1.82, 2.24) is 14.7 Å². The Hall–Kier alpha value is -0.580. The van der Waals surface area contributed by atoms with Crippen molar-refractivity contribution >= 4 is 11.6 Å². The molecule has 0 N–H and O–H groups in total. The number of alkyl halides is 1. The Morgan fingerprint density at radius 3 is 2.82 bits per heavy atom. The highest BCUT2D eigenvalue weighted by molar-refractivity contribution is 6.20. The molecule has 98 valence electrons. The van der Waals surface area contributed by atoms with Gasteiger partial charge in [-0.25, -0.2) is 0 Å². The maximum Gasteiger partial charge on any atom is 0.0696 e. The minimum Gasteiger partial charge on any atom is -0.383 e. The van der Waals surface area contributed by atoms with Crippen LogP contribution >= 0.6 is 11.6 Å². The molecule has 1 unspecified atom stereocenters. The molecule has 0 amide bonds. The SMILES string of the molecule is CCc1cc(CN(C)CC(Cl)COC)n(C)n1. The average Bonchev–Trinajstić information content (AvgIpc) is 2.59. The quantitative estimate of drug-likeness (QED) is 0.698. The van der Waals surface area contributed by atoms with Gasteiger partial charge in [-0.15, -0.1) is 11.6 Å². The fourth-order valence-corrected chi connectivity index (χ4v) is 2.17. The van der Waals surface area contributed by atoms with E-state index in [0.29, 0.717) is 6.61 Å². The highest BCUT2D eigenvalue weighted by atomic mass is 35.5. The maximum atomic E-state index is 6.13. The number of hydrogen-bond acceptors (Lipinski definition) is 3. The molecule has 0 saturated heterocycles. The molecule has 17 heavy (non-hydrogen) atoms. The maximum absolute atomic E-state index is 6.13. The summed E-state index contributed by atoms with van der Waals surface area (Å²) in [6.45, 7) is 4.36. The molecular formula is C12H22ClN3O. The van der Waals surface area contributed by atoms with E-state index in [1.807, 2.05) is 11.7 Å². The van der Waals surface area contributed by atoms with Crippen LogP contribution in [-0.4, -0.2) is 47.4 Å². The van der Waals surface area contributed by atoms with Crippen molar-refractivity contribution < 1.29 is 4.74 Å². The molecule has 0 aromatic carbocycles. The van der Waals surface area contributed by atoms with E-state index in [1.165, 1.54) is 5.69 Å². The smallest absolute Gasteiger partial charge is 0.0696 e. The number of aromatic nitrogens is 2. The Morgan fingerprint density at radius 2 is 2.29 bits per heavy atom. The summed E-state index contributed by atoms with van der Waals surface area (Å²) in [6, 6.07) is 2.15. The summed E-state index contributed by atoms with van der Waals surface area (Å²) in [4.78, 5) is 2.19. The number of aryl methyl sites for hydroxylation is 2. The van der Waals surface area contributed by atoms with Crippen molar-refractivity contribution in [2.45, 2.75) is 25.3 Å². The van der Waals surface area contributed by atoms with Gasteiger partial charge in [0, 0.05) is 27.2 Å². The van der Waals surface area contributed by atoms with Crippen molar-refractivity contribution in [3.8, 4) is 0 Å². The molecule has 1 atom stereocenters. The van der Waals surface area contributed by atoms with Crippen LogP contribution < -0.4 is 0 Å². The van der Waals surface area contributed by atoms with Gasteiger partial charge in [0.1, 0.15) is 0 Å². The lowest BCUT2D eigenvalue weighted by Gasteiger charge is -2.19. The third kappa shape index (κ3) is 4.66. The van der Waals surface area contributed by atoms with E-state index in [2.05, 4.69) is 30.0 Å². The van der Waals surface area contributed by atoms with Crippen LogP contribution in [0.15, 0.2) is 6.07 Å². The predicted octanol–water partition coefficient (Wildman–Crippen LogP) is 1.67. The molecule has 0 bridgehead atoms. The highest BCUT2D eigenvalue weighted by Gasteiger charge is 2.11. The highest BCUT2D eigenvalue weighted by Crippen LogP contribution is 2.08. The number of rotatable bonds is 7. The second kappa shape index (κ2) is 6.99. The van der Waals surface area contributed by atoms with Crippen LogP contribution in [0.1, 0.15) is 18.3 Å². The van der Waals surface area contributed by atoms with E-state index in [9.17, 15) is 0 Å². The Labute approximate surface area is 108 Å². The first-order chi connectivity index (χ1) is 8.06. The van der Waals surface area contributed by atoms with Crippen molar-refractivity contribution in [3.63, 3.8) is 0 Å². The zero-order valence-corrected chi connectivity index (χ0v) is 11.9. The Bertz CT molecular complexity index is 340. The topological polar surface area (TPSA) is 30.3 Å². The van der Waals surface area contributed by atoms with Crippen LogP contribution in [0.3, 0.4) is 0 Å². The number of hydrogen-bond donors (Lipinski definition) is 0. The van der Waals surface area contributed by atoms with Crippen LogP contribution in [0.25, 0.3) is 0 Å². The van der Waals surface area contributed by atoms with Crippen molar-refractivity contribution in [1.29, 1.82) is 0 Å². The molecule has 0 radical (unpaired) electrons. The van der Waals surface area contributed by atoms with Crippen molar-refractivity contribution in [2.24, 2.45) is 7.05 Å². The largest absolute Gasteiger partial charge is 0.383 e. The second-order valence-electron chi connectivity index (χ2n) is 4.35. The fourth-order valence-electron chi connectivity index (χ4n) is 1.81. The van der Waals surface area contributed by atoms with Gasteiger partial charge in [0.2, 0.25) is 0 Å². The van der Waals surface area contributed by atoms with Gasteiger partial charge < -0.3 is 4.74 Å². The molecule has 1 rings (SSSR count). The lowest BCUT2D eigenvalue weighted by atomic mass is 10.3. The first kappa shape index (κ1) is 14.5. The molecule has 4 nitrogen and oxygen atoms in total. The first-order valence-corrected chi connectivity index (χ1v) is 6.33. The number of ether oxygens (including phenoxy) is 1. The molecule has 0 saturated carbocycles. The molecule has 0 aliphatic rings. The minimum atomic E-state index is 0.0314. The minimum absolute atomic E-state index is 0.0314. The zero-order chi connectivity index (χ0) is 12.8. The van der Waals surface area contributed by atoms with Crippen LogP contribution in [-0.2, 0) is 24.8 Å². The van der Waals surface area contributed by atoms with E-state index >= 15 is 0 Å². The molecule has 1 heterocycles. The first-order valence-electron chi connectivity index (χ1n) is 5.90. The third-order valence-corrected chi connectivity index (χ3v) is 2.94. The fraction of sp³-hybridized carbons (Fsp3) is 0.750. The van der Waals surface area contributed by atoms with Crippen LogP contribution in [0.4, 0.5) is 0 Å². The molecule has 5 heteroatoms. The molecule has 0 fully saturated rings. The Balaban J connectivity index is 2.49. The monoisotopic (exact) mass is 259 g/mol. The summed E-state index contributed by atoms with van der Waals surface area (Å²) < 4.78 is 6.96. The van der Waals surface area contributed by atoms with E-state index in [4.69, 9.17) is 16.3 Å². The second-order valence-corrected chi connectivity index (χ2v) is 4.97. The van der Waals surface area contributed by atoms with Gasteiger partial charge in [0.05, 0.1) is 23.4 Å². The normalized spacial score (nSPS) is 13.3. The number of nitrogens with zero attached hydrogens (tertiary/aromatic N) is 3. The van der Waals surface area contributed by atoms with Crippen LogP contribution in [0.2, 0.25) is 0 Å². The summed E-state index contributed by atoms with van der Waals surface area (Å²) >= 11 is 6.13. The van der Waals surface area contributed by atoms with Crippen LogP contribution in [0, 0.1) is 0 Å². The molecular weight excluding hydrogens is 238 g/mol. The molecule has 0 aliphatic carbocycles. The molecule has 1 aromatic heterocycles.